The zero-order chi connectivity index (χ0) is 19.9. The van der Waals surface area contributed by atoms with E-state index >= 15 is 0 Å². The number of rotatable bonds is 9. The number of amides is 1. The number of nitrogens with zero attached hydrogens (tertiary/aromatic N) is 3. The van der Waals surface area contributed by atoms with E-state index in [4.69, 9.17) is 9.15 Å². The van der Waals surface area contributed by atoms with Crippen molar-refractivity contribution in [3.05, 3.63) is 54.0 Å². The Morgan fingerprint density at radius 2 is 2.07 bits per heavy atom. The summed E-state index contributed by atoms with van der Waals surface area (Å²) >= 11 is 1.39. The first-order valence-electron chi connectivity index (χ1n) is 9.05. The first kappa shape index (κ1) is 20.2. The summed E-state index contributed by atoms with van der Waals surface area (Å²) in [4.78, 5) is 12.3. The molecule has 0 spiro atoms. The van der Waals surface area contributed by atoms with Gasteiger partial charge in [-0.15, -0.1) is 10.2 Å². The number of methoxy groups -OCH3 is 1. The molecule has 7 nitrogen and oxygen atoms in total. The molecule has 28 heavy (non-hydrogen) atoms. The molecular formula is C20H24N4O3S. The molecule has 8 heteroatoms. The van der Waals surface area contributed by atoms with Gasteiger partial charge >= 0.3 is 0 Å². The monoisotopic (exact) mass is 400 g/mol. The summed E-state index contributed by atoms with van der Waals surface area (Å²) in [7, 11) is 1.61. The van der Waals surface area contributed by atoms with Crippen LogP contribution in [0.1, 0.15) is 18.2 Å². The van der Waals surface area contributed by atoms with Gasteiger partial charge in [0.05, 0.1) is 30.2 Å². The van der Waals surface area contributed by atoms with Gasteiger partial charge in [-0.05, 0) is 25.5 Å². The number of carbonyl (C=O) groups excluding carboxylic acids is 1. The van der Waals surface area contributed by atoms with E-state index in [1.54, 1.807) is 13.4 Å². The fraction of sp³-hybridized carbons (Fsp3) is 0.350. The van der Waals surface area contributed by atoms with Crippen LogP contribution in [0.25, 0.3) is 11.4 Å². The third kappa shape index (κ3) is 4.82. The molecule has 1 aromatic carbocycles. The maximum atomic E-state index is 12.3. The maximum Gasteiger partial charge on any atom is 0.233 e. The van der Waals surface area contributed by atoms with Gasteiger partial charge in [0, 0.05) is 13.7 Å². The molecule has 1 N–H and O–H groups in total. The molecule has 0 radical (unpaired) electrons. The van der Waals surface area contributed by atoms with Crippen LogP contribution in [-0.2, 0) is 16.1 Å². The molecule has 0 bridgehead atoms. The Labute approximate surface area is 168 Å². The lowest BCUT2D eigenvalue weighted by molar-refractivity contribution is -0.120. The van der Waals surface area contributed by atoms with Gasteiger partial charge in [-0.3, -0.25) is 9.36 Å². The molecule has 0 aliphatic heterocycles. The van der Waals surface area contributed by atoms with Crippen molar-refractivity contribution in [1.29, 1.82) is 0 Å². The minimum Gasteiger partial charge on any atom is -0.469 e. The molecule has 1 atom stereocenters. The van der Waals surface area contributed by atoms with Crippen LogP contribution < -0.4 is 5.32 Å². The maximum absolute atomic E-state index is 12.3. The van der Waals surface area contributed by atoms with Gasteiger partial charge in [-0.1, -0.05) is 42.1 Å². The van der Waals surface area contributed by atoms with E-state index in [9.17, 15) is 4.79 Å². The Morgan fingerprint density at radius 1 is 1.29 bits per heavy atom. The van der Waals surface area contributed by atoms with Crippen molar-refractivity contribution in [2.24, 2.45) is 0 Å². The van der Waals surface area contributed by atoms with Crippen LogP contribution >= 0.6 is 11.8 Å². The minimum absolute atomic E-state index is 0.0580. The van der Waals surface area contributed by atoms with Crippen molar-refractivity contribution in [3.8, 4) is 11.4 Å². The number of aryl methyl sites for hydroxylation is 1. The largest absolute Gasteiger partial charge is 0.469 e. The van der Waals surface area contributed by atoms with Crippen molar-refractivity contribution >= 4 is 17.7 Å². The molecule has 0 aliphatic carbocycles. The molecule has 3 aromatic rings. The average Bonchev–Trinajstić information content (AvgIpc) is 3.28. The number of hydrogen-bond donors (Lipinski definition) is 1. The second kappa shape index (κ2) is 9.57. The highest BCUT2D eigenvalue weighted by atomic mass is 32.2. The molecule has 2 aromatic heterocycles. The second-order valence-corrected chi connectivity index (χ2v) is 7.62. The van der Waals surface area contributed by atoms with E-state index in [0.29, 0.717) is 24.9 Å². The number of benzene rings is 1. The minimum atomic E-state index is -0.311. The molecular weight excluding hydrogens is 376 g/mol. The van der Waals surface area contributed by atoms with Crippen LogP contribution in [0.4, 0.5) is 0 Å². The predicted molar refractivity (Wildman–Crippen MR) is 108 cm³/mol. The van der Waals surface area contributed by atoms with Crippen LogP contribution in [0.2, 0.25) is 0 Å². The predicted octanol–water partition coefficient (Wildman–Crippen LogP) is 3.14. The lowest BCUT2D eigenvalue weighted by Gasteiger charge is -2.14. The fourth-order valence-electron chi connectivity index (χ4n) is 2.73. The highest BCUT2D eigenvalue weighted by Crippen LogP contribution is 2.29. The number of carbonyl (C=O) groups is 1. The molecule has 0 saturated carbocycles. The summed E-state index contributed by atoms with van der Waals surface area (Å²) in [6.45, 7) is 5.33. The molecule has 148 valence electrons. The van der Waals surface area contributed by atoms with Crippen molar-refractivity contribution in [2.45, 2.75) is 30.8 Å². The Kier molecular flexibility index (Phi) is 6.89. The number of furan rings is 1. The Morgan fingerprint density at radius 3 is 2.75 bits per heavy atom. The van der Waals surface area contributed by atoms with E-state index in [1.165, 1.54) is 11.8 Å². The zero-order valence-corrected chi connectivity index (χ0v) is 17.0. The number of aromatic nitrogens is 3. The summed E-state index contributed by atoms with van der Waals surface area (Å²) in [6.07, 6.45) is 1.64. The Hall–Kier alpha value is -2.58. The Bertz CT molecular complexity index is 907. The summed E-state index contributed by atoms with van der Waals surface area (Å²) in [5.74, 6) is 1.45. The van der Waals surface area contributed by atoms with Crippen molar-refractivity contribution in [1.82, 2.24) is 20.1 Å². The van der Waals surface area contributed by atoms with Crippen molar-refractivity contribution in [2.75, 3.05) is 20.3 Å². The fourth-order valence-corrected chi connectivity index (χ4v) is 3.61. The first-order valence-corrected chi connectivity index (χ1v) is 9.93. The van der Waals surface area contributed by atoms with Gasteiger partial charge in [-0.2, -0.15) is 0 Å². The first-order chi connectivity index (χ1) is 13.6. The highest BCUT2D eigenvalue weighted by Gasteiger charge is 2.22. The zero-order valence-electron chi connectivity index (χ0n) is 16.2. The number of thioether (sulfide) groups is 1. The molecule has 0 aliphatic rings. The SMILES string of the molecule is COCCNC(=O)[C@H](C)Sc1nnc(-c2ccoc2C)n1Cc1ccccc1. The smallest absolute Gasteiger partial charge is 0.233 e. The van der Waals surface area contributed by atoms with Crippen molar-refractivity contribution in [3.63, 3.8) is 0 Å². The summed E-state index contributed by atoms with van der Waals surface area (Å²) in [5, 5.41) is 12.0. The van der Waals surface area contributed by atoms with Gasteiger partial charge in [0.25, 0.3) is 0 Å². The molecule has 0 saturated heterocycles. The standard InChI is InChI=1S/C20H24N4O3S/c1-14-17(9-11-27-14)18-22-23-20(24(18)13-16-7-5-4-6-8-16)28-15(2)19(25)21-10-12-26-3/h4-9,11,15H,10,12-13H2,1-3H3,(H,21,25)/t15-/m0/s1. The van der Waals surface area contributed by atoms with Gasteiger partial charge in [-0.25, -0.2) is 0 Å². The number of nitrogens with one attached hydrogen (secondary N) is 1. The van der Waals surface area contributed by atoms with Crippen LogP contribution in [0.3, 0.4) is 0 Å². The van der Waals surface area contributed by atoms with E-state index < -0.39 is 0 Å². The van der Waals surface area contributed by atoms with Gasteiger partial charge in [0.2, 0.25) is 5.91 Å². The molecule has 1 amide bonds. The highest BCUT2D eigenvalue weighted by molar-refractivity contribution is 8.00. The van der Waals surface area contributed by atoms with Crippen LogP contribution in [0.5, 0.6) is 0 Å². The quantitative estimate of drug-likeness (QED) is 0.439. The Balaban J connectivity index is 1.85. The van der Waals surface area contributed by atoms with E-state index in [-0.39, 0.29) is 11.2 Å². The van der Waals surface area contributed by atoms with Gasteiger partial charge < -0.3 is 14.5 Å². The van der Waals surface area contributed by atoms with Gasteiger partial charge in [0.15, 0.2) is 11.0 Å². The second-order valence-electron chi connectivity index (χ2n) is 6.31. The molecule has 2 heterocycles. The van der Waals surface area contributed by atoms with Crippen molar-refractivity contribution < 1.29 is 13.9 Å². The average molecular weight is 401 g/mol. The molecule has 0 fully saturated rings. The molecule has 3 rings (SSSR count). The van der Waals surface area contributed by atoms with Gasteiger partial charge in [0.1, 0.15) is 5.76 Å². The van der Waals surface area contributed by atoms with Crippen LogP contribution in [0, 0.1) is 6.92 Å². The third-order valence-electron chi connectivity index (χ3n) is 4.26. The normalized spacial score (nSPS) is 12.1. The van der Waals surface area contributed by atoms with E-state index in [2.05, 4.69) is 27.6 Å². The number of hydrogen-bond acceptors (Lipinski definition) is 6. The third-order valence-corrected chi connectivity index (χ3v) is 5.34. The number of ether oxygens (including phenoxy) is 1. The molecule has 0 unspecified atom stereocenters. The van der Waals surface area contributed by atoms with E-state index in [1.807, 2.05) is 42.7 Å². The van der Waals surface area contributed by atoms with E-state index in [0.717, 1.165) is 22.7 Å². The van der Waals surface area contributed by atoms with Crippen LogP contribution in [-0.4, -0.2) is 46.2 Å². The summed E-state index contributed by atoms with van der Waals surface area (Å²) in [5.41, 5.74) is 2.02. The lowest BCUT2D eigenvalue weighted by atomic mass is 10.2. The summed E-state index contributed by atoms with van der Waals surface area (Å²) < 4.78 is 12.4. The summed E-state index contributed by atoms with van der Waals surface area (Å²) in [6, 6.07) is 12.0. The topological polar surface area (TPSA) is 82.2 Å². The van der Waals surface area contributed by atoms with Crippen LogP contribution in [0.15, 0.2) is 52.2 Å². The lowest BCUT2D eigenvalue weighted by Crippen LogP contribution is -2.33.